The fourth-order valence-corrected chi connectivity index (χ4v) is 6.52. The Morgan fingerprint density at radius 3 is 1.82 bits per heavy atom. The molecule has 0 radical (unpaired) electrons. The Hall–Kier alpha value is -5.74. The predicted octanol–water partition coefficient (Wildman–Crippen LogP) is 9.95. The molecule has 2 N–H and O–H groups in total. The number of allylic oxidation sites excluding steroid dienone is 4. The summed E-state index contributed by atoms with van der Waals surface area (Å²) in [4.78, 5) is 0. The van der Waals surface area contributed by atoms with E-state index in [1.54, 1.807) is 0 Å². The molecule has 2 aromatic heterocycles. The SMILES string of the molecule is C1=CNC(C2=CC=CC(c3cccc(-c4ccc5oc6cc7c(cc6c5c4)oc4ccc(-c5ccccc5)cc47)c3)N2)C=C1. The molecule has 7 aromatic rings. The zero-order valence-electron chi connectivity index (χ0n) is 23.8. The molecule has 0 amide bonds. The van der Waals surface area contributed by atoms with Gasteiger partial charge in [-0.3, -0.25) is 0 Å². The molecule has 44 heavy (non-hydrogen) atoms. The number of hydrogen-bond acceptors (Lipinski definition) is 4. The Balaban J connectivity index is 1.08. The van der Waals surface area contributed by atoms with Crippen LogP contribution in [0.1, 0.15) is 11.6 Å². The van der Waals surface area contributed by atoms with Gasteiger partial charge < -0.3 is 19.5 Å². The first-order valence-corrected chi connectivity index (χ1v) is 15.0. The lowest BCUT2D eigenvalue weighted by Gasteiger charge is -2.27. The van der Waals surface area contributed by atoms with Gasteiger partial charge in [-0.25, -0.2) is 0 Å². The minimum atomic E-state index is 0.0957. The van der Waals surface area contributed by atoms with E-state index in [1.807, 2.05) is 18.3 Å². The maximum atomic E-state index is 6.39. The fraction of sp³-hybridized carbons (Fsp3) is 0.0500. The Labute approximate surface area is 254 Å². The minimum absolute atomic E-state index is 0.0957. The van der Waals surface area contributed by atoms with Crippen molar-refractivity contribution in [2.45, 2.75) is 12.1 Å². The average molecular weight is 569 g/mol. The molecule has 2 aliphatic rings. The zero-order chi connectivity index (χ0) is 29.0. The highest BCUT2D eigenvalue weighted by Crippen LogP contribution is 2.39. The van der Waals surface area contributed by atoms with E-state index >= 15 is 0 Å². The topological polar surface area (TPSA) is 50.3 Å². The largest absolute Gasteiger partial charge is 0.456 e. The van der Waals surface area contributed by atoms with Gasteiger partial charge in [0.25, 0.3) is 0 Å². The summed E-state index contributed by atoms with van der Waals surface area (Å²) < 4.78 is 12.7. The average Bonchev–Trinajstić information content (AvgIpc) is 3.64. The number of benzene rings is 5. The molecule has 0 saturated carbocycles. The van der Waals surface area contributed by atoms with Crippen LogP contribution in [0.25, 0.3) is 66.1 Å². The molecular formula is C40H28N2O2. The van der Waals surface area contributed by atoms with Crippen LogP contribution >= 0.6 is 0 Å². The number of nitrogens with one attached hydrogen (secondary N) is 2. The molecule has 4 nitrogen and oxygen atoms in total. The molecule has 0 fully saturated rings. The van der Waals surface area contributed by atoms with Crippen LogP contribution in [0, 0.1) is 0 Å². The third-order valence-corrected chi connectivity index (χ3v) is 8.77. The third-order valence-electron chi connectivity index (χ3n) is 8.77. The molecule has 9 rings (SSSR count). The standard InChI is InChI=1S/C40H28N2O2/c1-2-8-25(9-3-1)27-15-17-37-30(21-27)32-23-40-33(24-39(32)43-37)31-22-28(16-18-38(31)44-40)26-10-6-11-29(20-26)34-13-7-14-36(42-34)35-12-4-5-19-41-35/h1-24,34-35,41-42H. The van der Waals surface area contributed by atoms with E-state index in [0.29, 0.717) is 0 Å². The molecular weight excluding hydrogens is 540 g/mol. The van der Waals surface area contributed by atoms with Gasteiger partial charge in [0, 0.05) is 27.2 Å². The molecule has 4 heterocycles. The highest BCUT2D eigenvalue weighted by Gasteiger charge is 2.19. The molecule has 0 aliphatic carbocycles. The van der Waals surface area contributed by atoms with Crippen molar-refractivity contribution in [3.05, 3.63) is 157 Å². The van der Waals surface area contributed by atoms with Crippen LogP contribution in [0.2, 0.25) is 0 Å². The van der Waals surface area contributed by atoms with Gasteiger partial charge in [-0.15, -0.1) is 0 Å². The van der Waals surface area contributed by atoms with E-state index in [0.717, 1.165) is 55.1 Å². The van der Waals surface area contributed by atoms with E-state index in [-0.39, 0.29) is 12.1 Å². The second kappa shape index (κ2) is 9.92. The molecule has 4 heteroatoms. The number of hydrogen-bond donors (Lipinski definition) is 2. The first kappa shape index (κ1) is 24.8. The normalized spacial score (nSPS) is 17.8. The van der Waals surface area contributed by atoms with Crippen LogP contribution in [-0.4, -0.2) is 6.04 Å². The summed E-state index contributed by atoms with van der Waals surface area (Å²) in [6.45, 7) is 0. The van der Waals surface area contributed by atoms with Crippen molar-refractivity contribution in [1.29, 1.82) is 0 Å². The molecule has 5 aromatic carbocycles. The first-order valence-electron chi connectivity index (χ1n) is 15.0. The lowest BCUT2D eigenvalue weighted by molar-refractivity contribution is 0.627. The Morgan fingerprint density at radius 2 is 1.11 bits per heavy atom. The Kier molecular flexibility index (Phi) is 5.60. The molecule has 2 unspecified atom stereocenters. The molecule has 2 atom stereocenters. The Bertz CT molecular complexity index is 2350. The van der Waals surface area contributed by atoms with Crippen molar-refractivity contribution >= 4 is 43.9 Å². The highest BCUT2D eigenvalue weighted by molar-refractivity contribution is 6.15. The van der Waals surface area contributed by atoms with Crippen LogP contribution in [0.5, 0.6) is 0 Å². The quantitative estimate of drug-likeness (QED) is 0.222. The van der Waals surface area contributed by atoms with Crippen LogP contribution in [-0.2, 0) is 0 Å². The molecule has 0 bridgehead atoms. The summed E-state index contributed by atoms with van der Waals surface area (Å²) in [6.07, 6.45) is 14.7. The van der Waals surface area contributed by atoms with Crippen molar-refractivity contribution in [1.82, 2.24) is 10.6 Å². The van der Waals surface area contributed by atoms with Crippen LogP contribution in [0.3, 0.4) is 0 Å². The second-order valence-corrected chi connectivity index (χ2v) is 11.5. The summed E-state index contributed by atoms with van der Waals surface area (Å²) in [5.74, 6) is 0. The van der Waals surface area contributed by atoms with Gasteiger partial charge >= 0.3 is 0 Å². The summed E-state index contributed by atoms with van der Waals surface area (Å²) in [5.41, 5.74) is 10.5. The van der Waals surface area contributed by atoms with Gasteiger partial charge in [0.15, 0.2) is 0 Å². The van der Waals surface area contributed by atoms with Crippen molar-refractivity contribution in [2.24, 2.45) is 0 Å². The molecule has 210 valence electrons. The maximum Gasteiger partial charge on any atom is 0.136 e. The van der Waals surface area contributed by atoms with E-state index in [1.165, 1.54) is 22.3 Å². The summed E-state index contributed by atoms with van der Waals surface area (Å²) in [7, 11) is 0. The predicted molar refractivity (Wildman–Crippen MR) is 180 cm³/mol. The van der Waals surface area contributed by atoms with Crippen molar-refractivity contribution in [3.63, 3.8) is 0 Å². The van der Waals surface area contributed by atoms with Gasteiger partial charge in [-0.1, -0.05) is 85.0 Å². The number of fused-ring (bicyclic) bond motifs is 6. The van der Waals surface area contributed by atoms with Crippen molar-refractivity contribution < 1.29 is 8.83 Å². The number of dihydropyridines is 2. The monoisotopic (exact) mass is 568 g/mol. The van der Waals surface area contributed by atoms with Crippen molar-refractivity contribution in [2.75, 3.05) is 0 Å². The van der Waals surface area contributed by atoms with E-state index in [9.17, 15) is 0 Å². The fourth-order valence-electron chi connectivity index (χ4n) is 6.52. The summed E-state index contributed by atoms with van der Waals surface area (Å²) in [6, 6.07) is 36.6. The lowest BCUT2D eigenvalue weighted by atomic mass is 9.96. The second-order valence-electron chi connectivity index (χ2n) is 11.5. The first-order chi connectivity index (χ1) is 21.8. The van der Waals surface area contributed by atoms with Gasteiger partial charge in [0.05, 0.1) is 12.1 Å². The summed E-state index contributed by atoms with van der Waals surface area (Å²) in [5, 5.41) is 11.4. The minimum Gasteiger partial charge on any atom is -0.456 e. The molecule has 2 aliphatic heterocycles. The maximum absolute atomic E-state index is 6.39. The number of rotatable bonds is 4. The number of furan rings is 2. The lowest BCUT2D eigenvalue weighted by Crippen LogP contribution is -2.35. The van der Waals surface area contributed by atoms with Crippen LogP contribution in [0.4, 0.5) is 0 Å². The van der Waals surface area contributed by atoms with E-state index < -0.39 is 0 Å². The zero-order valence-corrected chi connectivity index (χ0v) is 23.8. The Morgan fingerprint density at radius 1 is 0.477 bits per heavy atom. The van der Waals surface area contributed by atoms with Gasteiger partial charge in [0.2, 0.25) is 0 Å². The summed E-state index contributed by atoms with van der Waals surface area (Å²) >= 11 is 0. The molecule has 0 saturated heterocycles. The highest BCUT2D eigenvalue weighted by atomic mass is 16.3. The van der Waals surface area contributed by atoms with E-state index in [4.69, 9.17) is 8.83 Å². The third kappa shape index (κ3) is 4.15. The molecule has 0 spiro atoms. The van der Waals surface area contributed by atoms with Gasteiger partial charge in [0.1, 0.15) is 22.3 Å². The van der Waals surface area contributed by atoms with E-state index in [2.05, 4.69) is 138 Å². The van der Waals surface area contributed by atoms with Crippen LogP contribution < -0.4 is 10.6 Å². The van der Waals surface area contributed by atoms with Gasteiger partial charge in [-0.05, 0) is 88.6 Å². The van der Waals surface area contributed by atoms with Gasteiger partial charge in [-0.2, -0.15) is 0 Å². The van der Waals surface area contributed by atoms with Crippen molar-refractivity contribution in [3.8, 4) is 22.3 Å². The van der Waals surface area contributed by atoms with Crippen LogP contribution in [0.15, 0.2) is 160 Å². The smallest absolute Gasteiger partial charge is 0.136 e.